The highest BCUT2D eigenvalue weighted by Gasteiger charge is 2.05. The van der Waals surface area contributed by atoms with Crippen LogP contribution >= 0.6 is 0 Å². The zero-order chi connectivity index (χ0) is 8.53. The normalized spacial score (nSPS) is 13.4. The number of hydrogen-bond donors (Lipinski definition) is 3. The molecule has 1 atom stereocenters. The van der Waals surface area contributed by atoms with Crippen molar-refractivity contribution < 1.29 is 20.3 Å². The first-order valence-corrected chi connectivity index (χ1v) is 3.88. The van der Waals surface area contributed by atoms with Crippen LogP contribution in [0.2, 0.25) is 0 Å². The molecule has 0 aliphatic heterocycles. The van der Waals surface area contributed by atoms with E-state index >= 15 is 0 Å². The molecule has 0 aromatic heterocycles. The predicted molar refractivity (Wildman–Crippen MR) is 40.3 cm³/mol. The molecule has 3 N–H and O–H groups in total. The fraction of sp³-hybridized carbons (Fsp3) is 1.00. The van der Waals surface area contributed by atoms with Crippen LogP contribution in [0.4, 0.5) is 0 Å². The third-order valence-electron chi connectivity index (χ3n) is 1.22. The lowest BCUT2D eigenvalue weighted by Gasteiger charge is -2.01. The largest absolute Gasteiger partial charge is 0.393 e. The molecule has 0 aliphatic rings. The Labute approximate surface area is 67.2 Å². The third kappa shape index (κ3) is 7.74. The Morgan fingerprint density at radius 3 is 2.82 bits per heavy atom. The van der Waals surface area contributed by atoms with E-state index < -0.39 is 6.10 Å². The molecule has 0 saturated carbocycles. The zero-order valence-corrected chi connectivity index (χ0v) is 6.92. The van der Waals surface area contributed by atoms with Crippen molar-refractivity contribution in [3.05, 3.63) is 0 Å². The van der Waals surface area contributed by atoms with Crippen LogP contribution in [0.3, 0.4) is 0 Å². The lowest BCUT2D eigenvalue weighted by atomic mass is 10.4. The fourth-order valence-corrected chi connectivity index (χ4v) is 0.622. The summed E-state index contributed by atoms with van der Waals surface area (Å²) in [6, 6.07) is 0. The molecule has 0 fully saturated rings. The van der Waals surface area contributed by atoms with Gasteiger partial charge in [0.2, 0.25) is 0 Å². The van der Waals surface area contributed by atoms with Crippen molar-refractivity contribution in [3.8, 4) is 0 Å². The minimum absolute atomic E-state index is 0.193. The van der Waals surface area contributed by atoms with Crippen LogP contribution in [0.25, 0.3) is 0 Å². The van der Waals surface area contributed by atoms with Crippen molar-refractivity contribution in [1.82, 2.24) is 0 Å². The van der Waals surface area contributed by atoms with Crippen molar-refractivity contribution in [2.75, 3.05) is 32.9 Å². The van der Waals surface area contributed by atoms with Gasteiger partial charge in [0.15, 0.2) is 0 Å². The predicted octanol–water partition coefficient (Wildman–Crippen LogP) is -2.27. The second-order valence-electron chi connectivity index (χ2n) is 2.24. The molecular formula is C7H17NO3+. The summed E-state index contributed by atoms with van der Waals surface area (Å²) in [5, 5.41) is 20.2. The summed E-state index contributed by atoms with van der Waals surface area (Å²) in [5.74, 6) is 0. The Bertz CT molecular complexity index is 80.1. The first kappa shape index (κ1) is 10.8. The summed E-state index contributed by atoms with van der Waals surface area (Å²) >= 11 is 0. The second kappa shape index (κ2) is 7.94. The maximum atomic E-state index is 8.86. The Hall–Kier alpha value is -0.160. The number of ether oxygens (including phenoxy) is 1. The minimum Gasteiger partial charge on any atom is -0.393 e. The van der Waals surface area contributed by atoms with E-state index in [-0.39, 0.29) is 6.61 Å². The van der Waals surface area contributed by atoms with Crippen LogP contribution in [-0.4, -0.2) is 49.2 Å². The molecule has 0 heterocycles. The molecule has 11 heavy (non-hydrogen) atoms. The van der Waals surface area contributed by atoms with E-state index in [9.17, 15) is 0 Å². The van der Waals surface area contributed by atoms with E-state index in [1.54, 1.807) is 0 Å². The van der Waals surface area contributed by atoms with Crippen LogP contribution < -0.4 is 5.32 Å². The number of rotatable bonds is 7. The number of hydrogen-bond acceptors (Lipinski definition) is 4. The maximum absolute atomic E-state index is 8.86. The van der Waals surface area contributed by atoms with Gasteiger partial charge < -0.3 is 14.9 Å². The Kier molecular flexibility index (Phi) is 7.83. The molecule has 0 amide bonds. The lowest BCUT2D eigenvalue weighted by molar-refractivity contribution is -0.662. The van der Waals surface area contributed by atoms with Crippen LogP contribution in [0.1, 0.15) is 6.92 Å². The lowest BCUT2D eigenvalue weighted by Crippen LogP contribution is -2.87. The van der Waals surface area contributed by atoms with Gasteiger partial charge in [0.05, 0.1) is 6.61 Å². The van der Waals surface area contributed by atoms with Gasteiger partial charge in [0.1, 0.15) is 25.8 Å². The first-order valence-electron chi connectivity index (χ1n) is 3.88. The zero-order valence-electron chi connectivity index (χ0n) is 6.92. The van der Waals surface area contributed by atoms with Gasteiger partial charge in [-0.3, -0.25) is 0 Å². The van der Waals surface area contributed by atoms with E-state index in [1.165, 1.54) is 0 Å². The van der Waals surface area contributed by atoms with E-state index in [0.29, 0.717) is 26.3 Å². The summed E-state index contributed by atoms with van der Waals surface area (Å²) in [6.45, 7) is 4.23. The van der Waals surface area contributed by atoms with Gasteiger partial charge >= 0.3 is 0 Å². The van der Waals surface area contributed by atoms with Crippen molar-refractivity contribution in [1.29, 1.82) is 0 Å². The Morgan fingerprint density at radius 1 is 1.55 bits per heavy atom. The van der Waals surface area contributed by atoms with Crippen molar-refractivity contribution in [3.63, 3.8) is 0 Å². The molecule has 0 aromatic carbocycles. The highest BCUT2D eigenvalue weighted by molar-refractivity contribution is 4.44. The molecule has 0 aliphatic carbocycles. The quantitative estimate of drug-likeness (QED) is 0.371. The standard InChI is InChI=1S/C7H17NO3/c1-2-11-4-3-8-5-7(10)6-9/h7-10H,2-6H2,1H3/q+1. The van der Waals surface area contributed by atoms with E-state index in [2.05, 4.69) is 5.32 Å². The Morgan fingerprint density at radius 2 is 2.27 bits per heavy atom. The van der Waals surface area contributed by atoms with Gasteiger partial charge in [-0.2, -0.15) is 5.32 Å². The summed E-state index contributed by atoms with van der Waals surface area (Å²) in [4.78, 5) is 0. The van der Waals surface area contributed by atoms with Crippen LogP contribution in [0.15, 0.2) is 0 Å². The summed E-state index contributed by atoms with van der Waals surface area (Å²) in [6.07, 6.45) is -0.656. The molecule has 0 aromatic rings. The van der Waals surface area contributed by atoms with Crippen molar-refractivity contribution in [2.45, 2.75) is 13.0 Å². The minimum atomic E-state index is -0.656. The number of nitrogens with one attached hydrogen (secondary N) is 1. The van der Waals surface area contributed by atoms with Gasteiger partial charge in [-0.15, -0.1) is 0 Å². The molecule has 0 spiro atoms. The number of aliphatic hydroxyl groups excluding tert-OH is 2. The second-order valence-corrected chi connectivity index (χ2v) is 2.24. The smallest absolute Gasteiger partial charge is 0.149 e. The summed E-state index contributed by atoms with van der Waals surface area (Å²) in [7, 11) is 0. The molecule has 1 unspecified atom stereocenters. The fourth-order valence-electron chi connectivity index (χ4n) is 0.622. The van der Waals surface area contributed by atoms with Crippen molar-refractivity contribution >= 4 is 0 Å². The van der Waals surface area contributed by atoms with Crippen LogP contribution in [-0.2, 0) is 4.74 Å². The van der Waals surface area contributed by atoms with Gasteiger partial charge in [-0.1, -0.05) is 0 Å². The average Bonchev–Trinajstić information content (AvgIpc) is 2.04. The molecule has 1 radical (unpaired) electrons. The van der Waals surface area contributed by atoms with Gasteiger partial charge in [-0.25, -0.2) is 0 Å². The first-order chi connectivity index (χ1) is 5.31. The molecule has 67 valence electrons. The average molecular weight is 163 g/mol. The van der Waals surface area contributed by atoms with E-state index in [1.807, 2.05) is 6.92 Å². The number of aliphatic hydroxyl groups is 2. The topological polar surface area (TPSA) is 65.3 Å². The molecule has 4 nitrogen and oxygen atoms in total. The van der Waals surface area contributed by atoms with Crippen LogP contribution in [0.5, 0.6) is 0 Å². The molecule has 0 rings (SSSR count). The van der Waals surface area contributed by atoms with Crippen LogP contribution in [0, 0.1) is 0 Å². The van der Waals surface area contributed by atoms with Crippen molar-refractivity contribution in [2.24, 2.45) is 0 Å². The highest BCUT2D eigenvalue weighted by Crippen LogP contribution is 1.70. The Balaban J connectivity index is 2.89. The van der Waals surface area contributed by atoms with Gasteiger partial charge in [-0.05, 0) is 6.92 Å². The van der Waals surface area contributed by atoms with Gasteiger partial charge in [0.25, 0.3) is 0 Å². The molecule has 4 heteroatoms. The molecule has 0 saturated heterocycles. The SMILES string of the molecule is CCOCC[NH+]CC(O)CO. The summed E-state index contributed by atoms with van der Waals surface area (Å²) < 4.78 is 5.04. The highest BCUT2D eigenvalue weighted by atomic mass is 16.5. The van der Waals surface area contributed by atoms with Gasteiger partial charge in [0, 0.05) is 6.61 Å². The summed E-state index contributed by atoms with van der Waals surface area (Å²) in [5.41, 5.74) is 0. The van der Waals surface area contributed by atoms with E-state index in [4.69, 9.17) is 14.9 Å². The molecular weight excluding hydrogens is 146 g/mol. The maximum Gasteiger partial charge on any atom is 0.149 e. The molecule has 0 bridgehead atoms. The monoisotopic (exact) mass is 163 g/mol. The third-order valence-corrected chi connectivity index (χ3v) is 1.22. The van der Waals surface area contributed by atoms with E-state index in [0.717, 1.165) is 0 Å².